The van der Waals surface area contributed by atoms with Crippen LogP contribution in [0.3, 0.4) is 0 Å². The Morgan fingerprint density at radius 3 is 2.50 bits per heavy atom. The lowest BCUT2D eigenvalue weighted by molar-refractivity contribution is -0.137. The largest absolute Gasteiger partial charge is 0.481 e. The molecule has 0 bridgehead atoms. The van der Waals surface area contributed by atoms with Crippen LogP contribution >= 0.6 is 0 Å². The van der Waals surface area contributed by atoms with Gasteiger partial charge in [-0.15, -0.1) is 0 Å². The molecular weight excluding hydrogens is 230 g/mol. The van der Waals surface area contributed by atoms with E-state index >= 15 is 0 Å². The second-order valence-electron chi connectivity index (χ2n) is 5.29. The molecule has 0 spiro atoms. The van der Waals surface area contributed by atoms with E-state index in [2.05, 4.69) is 12.2 Å². The molecule has 1 rings (SSSR count). The van der Waals surface area contributed by atoms with Crippen molar-refractivity contribution in [3.8, 4) is 0 Å². The number of hydrogen-bond donors (Lipinski definition) is 2. The number of carbonyl (C=O) groups excluding carboxylic acids is 1. The van der Waals surface area contributed by atoms with Crippen LogP contribution in [0.4, 0.5) is 0 Å². The average molecular weight is 255 g/mol. The number of nitrogens with one attached hydrogen (secondary N) is 1. The maximum absolute atomic E-state index is 11.6. The highest BCUT2D eigenvalue weighted by Gasteiger charge is 2.24. The molecule has 104 valence electrons. The maximum atomic E-state index is 11.6. The smallest absolute Gasteiger partial charge is 0.303 e. The van der Waals surface area contributed by atoms with Crippen LogP contribution in [0.1, 0.15) is 58.3 Å². The van der Waals surface area contributed by atoms with E-state index in [-0.39, 0.29) is 18.2 Å². The van der Waals surface area contributed by atoms with Crippen molar-refractivity contribution in [2.75, 3.05) is 6.54 Å². The number of carboxylic acid groups (broad SMARTS) is 1. The molecule has 0 heterocycles. The Morgan fingerprint density at radius 1 is 1.28 bits per heavy atom. The van der Waals surface area contributed by atoms with Crippen LogP contribution in [0.25, 0.3) is 0 Å². The molecule has 1 amide bonds. The van der Waals surface area contributed by atoms with E-state index in [0.29, 0.717) is 12.5 Å². The SMILES string of the molecule is CCCC(CCNC(=O)C1CCC1)CCC(=O)O. The van der Waals surface area contributed by atoms with E-state index in [4.69, 9.17) is 5.11 Å². The van der Waals surface area contributed by atoms with Crippen LogP contribution in [0.5, 0.6) is 0 Å². The van der Waals surface area contributed by atoms with E-state index in [0.717, 1.165) is 38.5 Å². The molecular formula is C14H25NO3. The topological polar surface area (TPSA) is 66.4 Å². The van der Waals surface area contributed by atoms with E-state index in [1.807, 2.05) is 0 Å². The van der Waals surface area contributed by atoms with Crippen molar-refractivity contribution in [3.05, 3.63) is 0 Å². The second-order valence-corrected chi connectivity index (χ2v) is 5.29. The van der Waals surface area contributed by atoms with Crippen LogP contribution in [0.15, 0.2) is 0 Å². The van der Waals surface area contributed by atoms with Crippen LogP contribution in [-0.4, -0.2) is 23.5 Å². The van der Waals surface area contributed by atoms with Gasteiger partial charge in [0, 0.05) is 18.9 Å². The monoisotopic (exact) mass is 255 g/mol. The lowest BCUT2D eigenvalue weighted by atomic mass is 9.85. The Kier molecular flexibility index (Phi) is 6.76. The number of rotatable bonds is 9. The first-order valence-corrected chi connectivity index (χ1v) is 7.13. The van der Waals surface area contributed by atoms with Crippen LogP contribution < -0.4 is 5.32 Å². The zero-order valence-electron chi connectivity index (χ0n) is 11.3. The molecule has 1 aliphatic rings. The standard InChI is InChI=1S/C14H25NO3/c1-2-4-11(7-8-13(16)17)9-10-15-14(18)12-5-3-6-12/h11-12H,2-10H2,1H3,(H,15,18)(H,16,17). The molecule has 0 radical (unpaired) electrons. The molecule has 1 atom stereocenters. The first-order chi connectivity index (χ1) is 8.63. The fourth-order valence-corrected chi connectivity index (χ4v) is 2.38. The molecule has 1 unspecified atom stereocenters. The van der Waals surface area contributed by atoms with Crippen molar-refractivity contribution in [3.63, 3.8) is 0 Å². The van der Waals surface area contributed by atoms with Crippen molar-refractivity contribution in [2.45, 2.75) is 58.3 Å². The Bertz CT molecular complexity index is 274. The van der Waals surface area contributed by atoms with E-state index in [1.165, 1.54) is 6.42 Å². The summed E-state index contributed by atoms with van der Waals surface area (Å²) in [5.41, 5.74) is 0. The summed E-state index contributed by atoms with van der Waals surface area (Å²) in [5.74, 6) is 0.130. The molecule has 0 aromatic heterocycles. The molecule has 18 heavy (non-hydrogen) atoms. The maximum Gasteiger partial charge on any atom is 0.303 e. The van der Waals surface area contributed by atoms with Gasteiger partial charge in [0.05, 0.1) is 0 Å². The summed E-state index contributed by atoms with van der Waals surface area (Å²) < 4.78 is 0. The minimum absolute atomic E-state index is 0.190. The first-order valence-electron chi connectivity index (χ1n) is 7.13. The van der Waals surface area contributed by atoms with Gasteiger partial charge in [0.15, 0.2) is 0 Å². The molecule has 0 saturated heterocycles. The highest BCUT2D eigenvalue weighted by Crippen LogP contribution is 2.26. The van der Waals surface area contributed by atoms with Crippen LogP contribution in [-0.2, 0) is 9.59 Å². The number of carbonyl (C=O) groups is 2. The Hall–Kier alpha value is -1.06. The Balaban J connectivity index is 2.15. The van der Waals surface area contributed by atoms with Gasteiger partial charge in [0.1, 0.15) is 0 Å². The summed E-state index contributed by atoms with van der Waals surface area (Å²) in [6.45, 7) is 2.81. The Labute approximate surface area is 109 Å². The van der Waals surface area contributed by atoms with Crippen molar-refractivity contribution >= 4 is 11.9 Å². The van der Waals surface area contributed by atoms with Crippen molar-refractivity contribution in [1.29, 1.82) is 0 Å². The van der Waals surface area contributed by atoms with Crippen LogP contribution in [0.2, 0.25) is 0 Å². The van der Waals surface area contributed by atoms with Crippen molar-refractivity contribution in [1.82, 2.24) is 5.32 Å². The van der Waals surface area contributed by atoms with Gasteiger partial charge < -0.3 is 10.4 Å². The average Bonchev–Trinajstić information content (AvgIpc) is 2.23. The van der Waals surface area contributed by atoms with Gasteiger partial charge in [-0.3, -0.25) is 9.59 Å². The third-order valence-corrected chi connectivity index (χ3v) is 3.79. The summed E-state index contributed by atoms with van der Waals surface area (Å²) in [6.07, 6.45) is 7.22. The summed E-state index contributed by atoms with van der Waals surface area (Å²) in [6, 6.07) is 0. The van der Waals surface area contributed by atoms with Gasteiger partial charge in [-0.1, -0.05) is 26.2 Å². The Morgan fingerprint density at radius 2 is 2.00 bits per heavy atom. The molecule has 2 N–H and O–H groups in total. The predicted molar refractivity (Wildman–Crippen MR) is 70.2 cm³/mol. The van der Waals surface area contributed by atoms with Gasteiger partial charge in [-0.05, 0) is 31.6 Å². The summed E-state index contributed by atoms with van der Waals surface area (Å²) in [4.78, 5) is 22.2. The molecule has 1 aliphatic carbocycles. The zero-order chi connectivity index (χ0) is 13.4. The fourth-order valence-electron chi connectivity index (χ4n) is 2.38. The minimum Gasteiger partial charge on any atom is -0.481 e. The normalized spacial score (nSPS) is 16.9. The van der Waals surface area contributed by atoms with Crippen molar-refractivity contribution < 1.29 is 14.7 Å². The van der Waals surface area contributed by atoms with E-state index in [9.17, 15) is 9.59 Å². The third-order valence-electron chi connectivity index (χ3n) is 3.79. The fraction of sp³-hybridized carbons (Fsp3) is 0.857. The van der Waals surface area contributed by atoms with Gasteiger partial charge in [0.2, 0.25) is 5.91 Å². The van der Waals surface area contributed by atoms with E-state index < -0.39 is 5.97 Å². The number of amides is 1. The molecule has 4 heteroatoms. The number of hydrogen-bond acceptors (Lipinski definition) is 2. The minimum atomic E-state index is -0.727. The van der Waals surface area contributed by atoms with Crippen molar-refractivity contribution in [2.24, 2.45) is 11.8 Å². The summed E-state index contributed by atoms with van der Waals surface area (Å²) in [7, 11) is 0. The predicted octanol–water partition coefficient (Wildman–Crippen LogP) is 2.57. The first kappa shape index (κ1) is 15.0. The van der Waals surface area contributed by atoms with Gasteiger partial charge >= 0.3 is 5.97 Å². The second kappa shape index (κ2) is 8.11. The molecule has 0 aliphatic heterocycles. The number of carboxylic acids is 1. The number of aliphatic carboxylic acids is 1. The van der Waals surface area contributed by atoms with Gasteiger partial charge in [0.25, 0.3) is 0 Å². The highest BCUT2D eigenvalue weighted by molar-refractivity contribution is 5.79. The summed E-state index contributed by atoms with van der Waals surface area (Å²) >= 11 is 0. The molecule has 1 fully saturated rings. The lowest BCUT2D eigenvalue weighted by Crippen LogP contribution is -2.35. The molecule has 0 aromatic rings. The lowest BCUT2D eigenvalue weighted by Gasteiger charge is -2.24. The zero-order valence-corrected chi connectivity index (χ0v) is 11.3. The van der Waals surface area contributed by atoms with Gasteiger partial charge in [-0.2, -0.15) is 0 Å². The van der Waals surface area contributed by atoms with E-state index in [1.54, 1.807) is 0 Å². The molecule has 0 aromatic carbocycles. The van der Waals surface area contributed by atoms with Gasteiger partial charge in [-0.25, -0.2) is 0 Å². The van der Waals surface area contributed by atoms with Crippen LogP contribution in [0, 0.1) is 11.8 Å². The summed E-state index contributed by atoms with van der Waals surface area (Å²) in [5, 5.41) is 11.7. The third kappa shape index (κ3) is 5.52. The highest BCUT2D eigenvalue weighted by atomic mass is 16.4. The molecule has 1 saturated carbocycles. The quantitative estimate of drug-likeness (QED) is 0.665. The molecule has 4 nitrogen and oxygen atoms in total.